The van der Waals surface area contributed by atoms with Crippen LogP contribution in [0.25, 0.3) is 6.08 Å². The first-order valence-electron chi connectivity index (χ1n) is 3.34. The zero-order chi connectivity index (χ0) is 8.27. The maximum absolute atomic E-state index is 4.19. The van der Waals surface area contributed by atoms with Crippen LogP contribution in [0.4, 0.5) is 5.82 Å². The standard InChI is InChI=1S/C8H10N2S/c1-4-5-7-8(9-3)10-6(2)11-7/h4-5H,3H2,1-2H3/b5-4-. The Bertz CT molecular complexity index is 286. The SMILES string of the molecule is C=Nc1nc(C)sc1/C=C\C. The molecule has 0 bridgehead atoms. The average Bonchev–Trinajstić information content (AvgIpc) is 2.32. The quantitative estimate of drug-likeness (QED) is 0.620. The summed E-state index contributed by atoms with van der Waals surface area (Å²) in [5.41, 5.74) is 0. The van der Waals surface area contributed by atoms with E-state index in [2.05, 4.69) is 16.7 Å². The number of aryl methyl sites for hydroxylation is 1. The molecule has 0 fully saturated rings. The number of allylic oxidation sites excluding steroid dienone is 1. The zero-order valence-electron chi connectivity index (χ0n) is 6.66. The van der Waals surface area contributed by atoms with E-state index in [1.165, 1.54) is 0 Å². The maximum atomic E-state index is 4.19. The van der Waals surface area contributed by atoms with Crippen LogP contribution < -0.4 is 0 Å². The van der Waals surface area contributed by atoms with Gasteiger partial charge in [-0.25, -0.2) is 9.98 Å². The lowest BCUT2D eigenvalue weighted by molar-refractivity contribution is 1.26. The van der Waals surface area contributed by atoms with E-state index >= 15 is 0 Å². The molecule has 1 aromatic heterocycles. The number of nitrogens with zero attached hydrogens (tertiary/aromatic N) is 2. The van der Waals surface area contributed by atoms with Crippen molar-refractivity contribution in [2.45, 2.75) is 13.8 Å². The predicted octanol–water partition coefficient (Wildman–Crippen LogP) is 2.82. The summed E-state index contributed by atoms with van der Waals surface area (Å²) in [5.74, 6) is 0.741. The fourth-order valence-corrected chi connectivity index (χ4v) is 1.66. The van der Waals surface area contributed by atoms with E-state index in [4.69, 9.17) is 0 Å². The molecule has 0 aliphatic carbocycles. The Hall–Kier alpha value is -0.960. The van der Waals surface area contributed by atoms with Gasteiger partial charge in [-0.15, -0.1) is 11.3 Å². The van der Waals surface area contributed by atoms with E-state index in [9.17, 15) is 0 Å². The van der Waals surface area contributed by atoms with E-state index in [0.29, 0.717) is 0 Å². The maximum Gasteiger partial charge on any atom is 0.169 e. The van der Waals surface area contributed by atoms with Crippen LogP contribution in [0.2, 0.25) is 0 Å². The number of thiazole rings is 1. The molecule has 0 radical (unpaired) electrons. The lowest BCUT2D eigenvalue weighted by Gasteiger charge is -1.84. The van der Waals surface area contributed by atoms with Crippen LogP contribution in [0.5, 0.6) is 0 Å². The van der Waals surface area contributed by atoms with Crippen LogP contribution >= 0.6 is 11.3 Å². The van der Waals surface area contributed by atoms with Crippen molar-refractivity contribution < 1.29 is 0 Å². The Balaban J connectivity index is 3.11. The van der Waals surface area contributed by atoms with Crippen LogP contribution in [-0.4, -0.2) is 11.7 Å². The first-order chi connectivity index (χ1) is 5.27. The minimum atomic E-state index is 0.741. The normalized spacial score (nSPS) is 10.7. The van der Waals surface area contributed by atoms with Crippen LogP contribution in [0.3, 0.4) is 0 Å². The second-order valence-electron chi connectivity index (χ2n) is 2.08. The molecule has 0 unspecified atom stereocenters. The van der Waals surface area contributed by atoms with Crippen molar-refractivity contribution in [1.82, 2.24) is 4.98 Å². The van der Waals surface area contributed by atoms with Gasteiger partial charge >= 0.3 is 0 Å². The van der Waals surface area contributed by atoms with E-state index in [0.717, 1.165) is 15.7 Å². The molecule has 0 aromatic carbocycles. The van der Waals surface area contributed by atoms with Crippen LogP contribution in [0.1, 0.15) is 16.8 Å². The topological polar surface area (TPSA) is 25.2 Å². The Morgan fingerprint density at radius 3 is 2.91 bits per heavy atom. The fraction of sp³-hybridized carbons (Fsp3) is 0.250. The van der Waals surface area contributed by atoms with Gasteiger partial charge in [-0.1, -0.05) is 6.08 Å². The molecule has 0 spiro atoms. The summed E-state index contributed by atoms with van der Waals surface area (Å²) in [6.45, 7) is 7.39. The Kier molecular flexibility index (Phi) is 2.54. The average molecular weight is 166 g/mol. The third-order valence-electron chi connectivity index (χ3n) is 1.21. The number of hydrogen-bond donors (Lipinski definition) is 0. The van der Waals surface area contributed by atoms with Crippen LogP contribution in [0.15, 0.2) is 11.1 Å². The van der Waals surface area contributed by atoms with E-state index in [-0.39, 0.29) is 0 Å². The van der Waals surface area contributed by atoms with E-state index in [1.807, 2.05) is 26.0 Å². The second-order valence-corrected chi connectivity index (χ2v) is 3.31. The third kappa shape index (κ3) is 1.74. The van der Waals surface area contributed by atoms with Gasteiger partial charge in [0, 0.05) is 0 Å². The van der Waals surface area contributed by atoms with Crippen molar-refractivity contribution in [2.75, 3.05) is 0 Å². The molecule has 0 saturated carbocycles. The van der Waals surface area contributed by atoms with Crippen molar-refractivity contribution in [3.63, 3.8) is 0 Å². The molecular formula is C8H10N2S. The molecule has 1 rings (SSSR count). The molecule has 0 amide bonds. The Labute approximate surface area is 70.3 Å². The van der Waals surface area contributed by atoms with Gasteiger partial charge < -0.3 is 0 Å². The highest BCUT2D eigenvalue weighted by Crippen LogP contribution is 2.25. The summed E-state index contributed by atoms with van der Waals surface area (Å²) < 4.78 is 0. The predicted molar refractivity (Wildman–Crippen MR) is 50.8 cm³/mol. The highest BCUT2D eigenvalue weighted by molar-refractivity contribution is 7.13. The minimum absolute atomic E-state index is 0.741. The van der Waals surface area contributed by atoms with Crippen molar-refractivity contribution in [1.29, 1.82) is 0 Å². The van der Waals surface area contributed by atoms with Gasteiger partial charge in [0.15, 0.2) is 5.82 Å². The van der Waals surface area contributed by atoms with Crippen molar-refractivity contribution in [2.24, 2.45) is 4.99 Å². The molecule has 3 heteroatoms. The summed E-state index contributed by atoms with van der Waals surface area (Å²) in [6, 6.07) is 0. The number of aromatic nitrogens is 1. The minimum Gasteiger partial charge on any atom is -0.244 e. The molecular weight excluding hydrogens is 156 g/mol. The summed E-state index contributed by atoms with van der Waals surface area (Å²) in [5, 5.41) is 1.03. The highest BCUT2D eigenvalue weighted by Gasteiger charge is 2.02. The molecule has 0 aliphatic heterocycles. The van der Waals surface area contributed by atoms with E-state index in [1.54, 1.807) is 11.3 Å². The lowest BCUT2D eigenvalue weighted by atomic mass is 10.4. The summed E-state index contributed by atoms with van der Waals surface area (Å²) >= 11 is 1.63. The zero-order valence-corrected chi connectivity index (χ0v) is 7.48. The first kappa shape index (κ1) is 8.14. The summed E-state index contributed by atoms with van der Waals surface area (Å²) in [4.78, 5) is 9.08. The number of rotatable bonds is 2. The smallest absolute Gasteiger partial charge is 0.169 e. The van der Waals surface area contributed by atoms with Gasteiger partial charge in [0.25, 0.3) is 0 Å². The molecule has 11 heavy (non-hydrogen) atoms. The van der Waals surface area contributed by atoms with Crippen molar-refractivity contribution in [3.8, 4) is 0 Å². The van der Waals surface area contributed by atoms with Gasteiger partial charge in [-0.3, -0.25) is 0 Å². The summed E-state index contributed by atoms with van der Waals surface area (Å²) in [6.07, 6.45) is 3.97. The number of aliphatic imine (C=N–C) groups is 1. The van der Waals surface area contributed by atoms with Gasteiger partial charge in [0.2, 0.25) is 0 Å². The Morgan fingerprint density at radius 2 is 2.36 bits per heavy atom. The van der Waals surface area contributed by atoms with Crippen molar-refractivity contribution in [3.05, 3.63) is 16.0 Å². The van der Waals surface area contributed by atoms with Crippen molar-refractivity contribution >= 4 is 29.9 Å². The molecule has 58 valence electrons. The summed E-state index contributed by atoms with van der Waals surface area (Å²) in [7, 11) is 0. The van der Waals surface area contributed by atoms with Gasteiger partial charge in [0.05, 0.1) is 9.88 Å². The van der Waals surface area contributed by atoms with Crippen LogP contribution in [0, 0.1) is 6.92 Å². The highest BCUT2D eigenvalue weighted by atomic mass is 32.1. The van der Waals surface area contributed by atoms with Gasteiger partial charge in [0.1, 0.15) is 0 Å². The first-order valence-corrected chi connectivity index (χ1v) is 4.16. The largest absolute Gasteiger partial charge is 0.244 e. The molecule has 0 N–H and O–H groups in total. The molecule has 1 heterocycles. The number of hydrogen-bond acceptors (Lipinski definition) is 3. The molecule has 0 saturated heterocycles. The molecule has 2 nitrogen and oxygen atoms in total. The lowest BCUT2D eigenvalue weighted by Crippen LogP contribution is -1.65. The monoisotopic (exact) mass is 166 g/mol. The Morgan fingerprint density at radius 1 is 1.64 bits per heavy atom. The van der Waals surface area contributed by atoms with Crippen LogP contribution in [-0.2, 0) is 0 Å². The third-order valence-corrected chi connectivity index (χ3v) is 2.13. The molecule has 1 aromatic rings. The van der Waals surface area contributed by atoms with Gasteiger partial charge in [-0.05, 0) is 26.6 Å². The van der Waals surface area contributed by atoms with Gasteiger partial charge in [-0.2, -0.15) is 0 Å². The molecule has 0 atom stereocenters. The second kappa shape index (κ2) is 3.44. The fourth-order valence-electron chi connectivity index (χ4n) is 0.805. The van der Waals surface area contributed by atoms with E-state index < -0.39 is 0 Å². The molecule has 0 aliphatic rings.